The summed E-state index contributed by atoms with van der Waals surface area (Å²) in [5.74, 6) is 1.98. The van der Waals surface area contributed by atoms with Crippen molar-refractivity contribution < 1.29 is 9.53 Å². The average molecular weight is 482 g/mol. The Balaban J connectivity index is 1.66. The molecule has 1 aliphatic rings. The Labute approximate surface area is 211 Å². The highest BCUT2D eigenvalue weighted by Crippen LogP contribution is 2.43. The van der Waals surface area contributed by atoms with Crippen molar-refractivity contribution in [2.24, 2.45) is 0 Å². The second-order valence-corrected chi connectivity index (χ2v) is 9.41. The summed E-state index contributed by atoms with van der Waals surface area (Å²) >= 11 is 0. The Morgan fingerprint density at radius 2 is 1.61 bits per heavy atom. The standard InChI is InChI=1S/C29H31N5O2/c1-6-36-24-13-11-23(12-14-24)25-16-26(35)33(17-22-9-7-18(2)8-10-22)28-27(25)21(5)32-34(28)29-30-19(3)15-20(4)31-29/h7-15,25H,6,16-17H2,1-5H3/t25-/m0/s1. The maximum atomic E-state index is 13.7. The van der Waals surface area contributed by atoms with Crippen LogP contribution in [0, 0.1) is 27.7 Å². The number of hydrogen-bond donors (Lipinski definition) is 0. The molecular weight excluding hydrogens is 450 g/mol. The molecule has 36 heavy (non-hydrogen) atoms. The molecule has 5 rings (SSSR count). The van der Waals surface area contributed by atoms with Crippen LogP contribution in [0.5, 0.6) is 5.75 Å². The molecule has 2 aromatic carbocycles. The zero-order valence-electron chi connectivity index (χ0n) is 21.4. The van der Waals surface area contributed by atoms with Crippen molar-refractivity contribution in [3.8, 4) is 11.7 Å². The summed E-state index contributed by atoms with van der Waals surface area (Å²) in [4.78, 5) is 24.9. The zero-order valence-corrected chi connectivity index (χ0v) is 21.4. The quantitative estimate of drug-likeness (QED) is 0.371. The van der Waals surface area contributed by atoms with Gasteiger partial charge in [0, 0.05) is 29.3 Å². The molecule has 2 aromatic heterocycles. The second-order valence-electron chi connectivity index (χ2n) is 9.41. The van der Waals surface area contributed by atoms with Gasteiger partial charge in [-0.05, 0) is 63.9 Å². The molecule has 7 nitrogen and oxygen atoms in total. The molecule has 0 saturated carbocycles. The molecule has 0 radical (unpaired) electrons. The number of nitrogens with zero attached hydrogens (tertiary/aromatic N) is 5. The molecule has 3 heterocycles. The minimum absolute atomic E-state index is 0.0486. The second kappa shape index (κ2) is 9.57. The number of carbonyl (C=O) groups is 1. The normalized spacial score (nSPS) is 15.2. The fourth-order valence-corrected chi connectivity index (χ4v) is 4.93. The van der Waals surface area contributed by atoms with Crippen molar-refractivity contribution in [3.63, 3.8) is 0 Å². The van der Waals surface area contributed by atoms with Crippen molar-refractivity contribution in [1.82, 2.24) is 19.7 Å². The van der Waals surface area contributed by atoms with Gasteiger partial charge in [-0.3, -0.25) is 9.69 Å². The van der Waals surface area contributed by atoms with Crippen LogP contribution in [0.3, 0.4) is 0 Å². The van der Waals surface area contributed by atoms with Gasteiger partial charge in [-0.25, -0.2) is 9.97 Å². The molecule has 0 fully saturated rings. The van der Waals surface area contributed by atoms with E-state index >= 15 is 0 Å². The number of amides is 1. The number of rotatable bonds is 6. The number of carbonyl (C=O) groups excluding carboxylic acids is 1. The Bertz CT molecular complexity index is 1390. The molecule has 4 aromatic rings. The number of ether oxygens (including phenoxy) is 1. The zero-order chi connectivity index (χ0) is 25.4. The van der Waals surface area contributed by atoms with Crippen LogP contribution < -0.4 is 9.64 Å². The Kier molecular flexibility index (Phi) is 6.31. The maximum Gasteiger partial charge on any atom is 0.252 e. The van der Waals surface area contributed by atoms with Crippen molar-refractivity contribution in [3.05, 3.63) is 93.9 Å². The fourth-order valence-electron chi connectivity index (χ4n) is 4.93. The predicted octanol–water partition coefficient (Wildman–Crippen LogP) is 5.36. The van der Waals surface area contributed by atoms with Gasteiger partial charge < -0.3 is 4.74 Å². The average Bonchev–Trinajstić information content (AvgIpc) is 3.19. The highest BCUT2D eigenvalue weighted by atomic mass is 16.5. The topological polar surface area (TPSA) is 73.1 Å². The summed E-state index contributed by atoms with van der Waals surface area (Å²) in [6, 6.07) is 18.3. The van der Waals surface area contributed by atoms with Gasteiger partial charge in [0.2, 0.25) is 5.91 Å². The van der Waals surface area contributed by atoms with E-state index in [1.54, 1.807) is 4.68 Å². The summed E-state index contributed by atoms with van der Waals surface area (Å²) < 4.78 is 7.38. The lowest BCUT2D eigenvalue weighted by Crippen LogP contribution is -2.38. The van der Waals surface area contributed by atoms with E-state index in [4.69, 9.17) is 9.84 Å². The lowest BCUT2D eigenvalue weighted by atomic mass is 9.85. The van der Waals surface area contributed by atoms with Crippen LogP contribution in [0.15, 0.2) is 54.6 Å². The molecule has 0 aliphatic carbocycles. The highest BCUT2D eigenvalue weighted by molar-refractivity contribution is 5.97. The molecule has 1 amide bonds. The van der Waals surface area contributed by atoms with Gasteiger partial charge in [0.15, 0.2) is 0 Å². The van der Waals surface area contributed by atoms with Gasteiger partial charge in [-0.2, -0.15) is 9.78 Å². The summed E-state index contributed by atoms with van der Waals surface area (Å²) in [5, 5.41) is 4.88. The molecule has 0 unspecified atom stereocenters. The van der Waals surface area contributed by atoms with Gasteiger partial charge in [0.1, 0.15) is 11.6 Å². The van der Waals surface area contributed by atoms with Gasteiger partial charge in [-0.1, -0.05) is 42.0 Å². The molecular formula is C29H31N5O2. The number of aromatic nitrogens is 4. The Hall–Kier alpha value is -4.00. The first-order valence-corrected chi connectivity index (χ1v) is 12.3. The van der Waals surface area contributed by atoms with E-state index in [1.807, 2.05) is 62.9 Å². The van der Waals surface area contributed by atoms with Gasteiger partial charge in [-0.15, -0.1) is 0 Å². The van der Waals surface area contributed by atoms with E-state index in [9.17, 15) is 4.79 Å². The van der Waals surface area contributed by atoms with E-state index in [2.05, 4.69) is 41.2 Å². The Morgan fingerprint density at radius 1 is 0.944 bits per heavy atom. The number of anilines is 1. The van der Waals surface area contributed by atoms with Crippen molar-refractivity contribution in [1.29, 1.82) is 0 Å². The number of fused-ring (bicyclic) bond motifs is 1. The van der Waals surface area contributed by atoms with Crippen LogP contribution in [-0.2, 0) is 11.3 Å². The summed E-state index contributed by atoms with van der Waals surface area (Å²) in [6.07, 6.45) is 0.368. The molecule has 0 saturated heterocycles. The summed E-state index contributed by atoms with van der Waals surface area (Å²) in [7, 11) is 0. The maximum absolute atomic E-state index is 13.7. The fraction of sp³-hybridized carbons (Fsp3) is 0.310. The molecule has 0 bridgehead atoms. The number of aryl methyl sites for hydroxylation is 4. The van der Waals surface area contributed by atoms with Crippen LogP contribution in [0.2, 0.25) is 0 Å². The largest absolute Gasteiger partial charge is 0.494 e. The monoisotopic (exact) mass is 481 g/mol. The Morgan fingerprint density at radius 3 is 2.25 bits per heavy atom. The number of benzene rings is 2. The van der Waals surface area contributed by atoms with Crippen LogP contribution in [0.1, 0.15) is 58.6 Å². The lowest BCUT2D eigenvalue weighted by Gasteiger charge is -2.33. The van der Waals surface area contributed by atoms with Crippen LogP contribution in [0.4, 0.5) is 5.82 Å². The van der Waals surface area contributed by atoms with Gasteiger partial charge >= 0.3 is 0 Å². The predicted molar refractivity (Wildman–Crippen MR) is 140 cm³/mol. The summed E-state index contributed by atoms with van der Waals surface area (Å²) in [5.41, 5.74) is 6.92. The van der Waals surface area contributed by atoms with Crippen molar-refractivity contribution >= 4 is 11.7 Å². The molecule has 7 heteroatoms. The highest BCUT2D eigenvalue weighted by Gasteiger charge is 2.38. The summed E-state index contributed by atoms with van der Waals surface area (Å²) in [6.45, 7) is 11.0. The minimum Gasteiger partial charge on any atom is -0.494 e. The van der Waals surface area contributed by atoms with Crippen LogP contribution >= 0.6 is 0 Å². The van der Waals surface area contributed by atoms with E-state index in [1.165, 1.54) is 5.56 Å². The van der Waals surface area contributed by atoms with Gasteiger partial charge in [0.05, 0.1) is 18.8 Å². The lowest BCUT2D eigenvalue weighted by molar-refractivity contribution is -0.119. The first-order valence-electron chi connectivity index (χ1n) is 12.3. The first kappa shape index (κ1) is 23.7. The van der Waals surface area contributed by atoms with E-state index in [0.29, 0.717) is 25.5 Å². The first-order chi connectivity index (χ1) is 17.3. The van der Waals surface area contributed by atoms with Gasteiger partial charge in [0.25, 0.3) is 5.95 Å². The molecule has 0 N–H and O–H groups in total. The van der Waals surface area contributed by atoms with Crippen molar-refractivity contribution in [2.75, 3.05) is 11.5 Å². The molecule has 184 valence electrons. The van der Waals surface area contributed by atoms with E-state index < -0.39 is 0 Å². The van der Waals surface area contributed by atoms with Crippen LogP contribution in [-0.4, -0.2) is 32.3 Å². The van der Waals surface area contributed by atoms with Crippen molar-refractivity contribution in [2.45, 2.75) is 53.5 Å². The smallest absolute Gasteiger partial charge is 0.252 e. The SMILES string of the molecule is CCOc1ccc([C@@H]2CC(=O)N(Cc3ccc(C)cc3)c3c2c(C)nn3-c2nc(C)cc(C)n2)cc1. The number of hydrogen-bond acceptors (Lipinski definition) is 5. The molecule has 0 spiro atoms. The molecule has 1 atom stereocenters. The minimum atomic E-state index is -0.114. The third-order valence-electron chi connectivity index (χ3n) is 6.58. The molecule has 1 aliphatic heterocycles. The third kappa shape index (κ3) is 4.49. The van der Waals surface area contributed by atoms with Crippen LogP contribution in [0.25, 0.3) is 5.95 Å². The van der Waals surface area contributed by atoms with E-state index in [0.717, 1.165) is 45.3 Å². The third-order valence-corrected chi connectivity index (χ3v) is 6.58. The van der Waals surface area contributed by atoms with E-state index in [-0.39, 0.29) is 11.8 Å².